The number of rotatable bonds is 2. The average molecular weight is 365 g/mol. The summed E-state index contributed by atoms with van der Waals surface area (Å²) in [5, 5.41) is 17.9. The number of phenols is 1. The van der Waals surface area contributed by atoms with Crippen molar-refractivity contribution < 1.29 is 19.3 Å². The van der Waals surface area contributed by atoms with Crippen molar-refractivity contribution >= 4 is 5.91 Å². The van der Waals surface area contributed by atoms with Crippen LogP contribution in [0.5, 0.6) is 11.5 Å². The van der Waals surface area contributed by atoms with Gasteiger partial charge in [-0.1, -0.05) is 29.4 Å². The third kappa shape index (κ3) is 3.12. The number of carbonyl (C=O) groups excluding carboxylic acids is 1. The molecule has 0 radical (unpaired) electrons. The molecule has 1 amide bonds. The lowest BCUT2D eigenvalue weighted by atomic mass is 9.98. The van der Waals surface area contributed by atoms with Crippen LogP contribution in [0.1, 0.15) is 27.3 Å². The number of aryl methyl sites for hydroxylation is 2. The highest BCUT2D eigenvalue weighted by Crippen LogP contribution is 2.38. The van der Waals surface area contributed by atoms with Gasteiger partial charge in [0.15, 0.2) is 17.2 Å². The third-order valence-electron chi connectivity index (χ3n) is 4.71. The number of carbonyl (C=O) groups is 1. The van der Waals surface area contributed by atoms with Crippen LogP contribution in [-0.2, 0) is 6.54 Å². The van der Waals surface area contributed by atoms with Crippen LogP contribution in [0.25, 0.3) is 11.1 Å². The molecule has 0 fully saturated rings. The minimum absolute atomic E-state index is 0.0688. The summed E-state index contributed by atoms with van der Waals surface area (Å²) in [6.45, 7) is 4.64. The van der Waals surface area contributed by atoms with Crippen LogP contribution in [-0.4, -0.2) is 39.4 Å². The zero-order chi connectivity index (χ0) is 19.0. The molecule has 7 heteroatoms. The standard InChI is InChI=1S/C20H19N3O4/c1-12-5-3-4-6-16(12)14-9-15-11-23(7-8-26-19(15)17(24)10-14)20(25)18-13(2)21-27-22-18/h3-6,9-10,24H,7-8,11H2,1-2H3. The molecule has 2 aromatic carbocycles. The number of ether oxygens (including phenoxy) is 1. The predicted molar refractivity (Wildman–Crippen MR) is 97.6 cm³/mol. The maximum atomic E-state index is 12.8. The molecule has 3 aromatic rings. The van der Waals surface area contributed by atoms with Crippen molar-refractivity contribution in [2.45, 2.75) is 20.4 Å². The van der Waals surface area contributed by atoms with E-state index in [-0.39, 0.29) is 24.0 Å². The Morgan fingerprint density at radius 2 is 2.00 bits per heavy atom. The highest BCUT2D eigenvalue weighted by molar-refractivity contribution is 5.93. The molecule has 0 atom stereocenters. The summed E-state index contributed by atoms with van der Waals surface area (Å²) >= 11 is 0. The molecular formula is C20H19N3O4. The molecule has 1 aliphatic heterocycles. The number of hydrogen-bond donors (Lipinski definition) is 1. The number of hydrogen-bond acceptors (Lipinski definition) is 6. The van der Waals surface area contributed by atoms with E-state index in [1.165, 1.54) is 0 Å². The quantitative estimate of drug-likeness (QED) is 0.751. The van der Waals surface area contributed by atoms with Crippen molar-refractivity contribution in [3.8, 4) is 22.6 Å². The average Bonchev–Trinajstić information content (AvgIpc) is 2.95. The fourth-order valence-electron chi connectivity index (χ4n) is 3.30. The van der Waals surface area contributed by atoms with Gasteiger partial charge in [-0.15, -0.1) is 0 Å². The first-order valence-corrected chi connectivity index (χ1v) is 8.67. The van der Waals surface area contributed by atoms with E-state index < -0.39 is 0 Å². The zero-order valence-electron chi connectivity index (χ0n) is 15.1. The van der Waals surface area contributed by atoms with Crippen LogP contribution < -0.4 is 4.74 Å². The Morgan fingerprint density at radius 3 is 2.74 bits per heavy atom. The monoisotopic (exact) mass is 365 g/mol. The topological polar surface area (TPSA) is 88.7 Å². The molecule has 138 valence electrons. The summed E-state index contributed by atoms with van der Waals surface area (Å²) < 4.78 is 10.4. The Morgan fingerprint density at radius 1 is 1.19 bits per heavy atom. The fourth-order valence-corrected chi connectivity index (χ4v) is 3.30. The Bertz CT molecular complexity index is 1010. The molecule has 0 saturated carbocycles. The van der Waals surface area contributed by atoms with Crippen molar-refractivity contribution in [2.24, 2.45) is 0 Å². The van der Waals surface area contributed by atoms with Gasteiger partial charge in [-0.25, -0.2) is 4.63 Å². The highest BCUT2D eigenvalue weighted by Gasteiger charge is 2.27. The number of aromatic nitrogens is 2. The molecule has 27 heavy (non-hydrogen) atoms. The van der Waals surface area contributed by atoms with E-state index in [4.69, 9.17) is 4.74 Å². The van der Waals surface area contributed by atoms with E-state index in [0.717, 1.165) is 22.3 Å². The first-order chi connectivity index (χ1) is 13.0. The van der Waals surface area contributed by atoms with E-state index in [1.54, 1.807) is 17.9 Å². The molecule has 2 heterocycles. The largest absolute Gasteiger partial charge is 0.504 e. The molecule has 0 bridgehead atoms. The molecule has 1 aromatic heterocycles. The summed E-state index contributed by atoms with van der Waals surface area (Å²) in [5.74, 6) is 0.211. The minimum Gasteiger partial charge on any atom is -0.504 e. The van der Waals surface area contributed by atoms with E-state index in [1.807, 2.05) is 37.3 Å². The molecule has 4 rings (SSSR count). The van der Waals surface area contributed by atoms with E-state index in [0.29, 0.717) is 24.5 Å². The van der Waals surface area contributed by atoms with Crippen molar-refractivity contribution in [2.75, 3.05) is 13.2 Å². The molecule has 1 N–H and O–H groups in total. The van der Waals surface area contributed by atoms with E-state index >= 15 is 0 Å². The Hall–Kier alpha value is -3.35. The third-order valence-corrected chi connectivity index (χ3v) is 4.71. The molecule has 0 saturated heterocycles. The number of fused-ring (bicyclic) bond motifs is 1. The van der Waals surface area contributed by atoms with Gasteiger partial charge < -0.3 is 14.7 Å². The minimum atomic E-state index is -0.272. The van der Waals surface area contributed by atoms with Crippen LogP contribution in [0.3, 0.4) is 0 Å². The lowest BCUT2D eigenvalue weighted by Gasteiger charge is -2.19. The summed E-state index contributed by atoms with van der Waals surface area (Å²) in [6.07, 6.45) is 0. The maximum absolute atomic E-state index is 12.8. The molecule has 1 aliphatic rings. The smallest absolute Gasteiger partial charge is 0.278 e. The predicted octanol–water partition coefficient (Wildman–Crippen LogP) is 3.09. The molecule has 0 unspecified atom stereocenters. The van der Waals surface area contributed by atoms with Crippen LogP contribution in [0, 0.1) is 13.8 Å². The van der Waals surface area contributed by atoms with Gasteiger partial charge in [0, 0.05) is 12.1 Å². The summed E-state index contributed by atoms with van der Waals surface area (Å²) in [6, 6.07) is 11.6. The van der Waals surface area contributed by atoms with Gasteiger partial charge in [0.2, 0.25) is 0 Å². The van der Waals surface area contributed by atoms with Crippen LogP contribution in [0.15, 0.2) is 41.0 Å². The Kier molecular flexibility index (Phi) is 4.27. The number of aromatic hydroxyl groups is 1. The van der Waals surface area contributed by atoms with Crippen molar-refractivity contribution in [1.29, 1.82) is 0 Å². The summed E-state index contributed by atoms with van der Waals surface area (Å²) in [4.78, 5) is 14.4. The molecule has 0 aliphatic carbocycles. The van der Waals surface area contributed by atoms with Crippen LogP contribution >= 0.6 is 0 Å². The normalized spacial score (nSPS) is 13.6. The van der Waals surface area contributed by atoms with E-state index in [9.17, 15) is 9.90 Å². The second-order valence-electron chi connectivity index (χ2n) is 6.57. The second-order valence-corrected chi connectivity index (χ2v) is 6.57. The summed E-state index contributed by atoms with van der Waals surface area (Å²) in [5.41, 5.74) is 4.38. The van der Waals surface area contributed by atoms with Gasteiger partial charge in [-0.3, -0.25) is 4.79 Å². The molecular weight excluding hydrogens is 346 g/mol. The van der Waals surface area contributed by atoms with Crippen molar-refractivity contribution in [1.82, 2.24) is 15.2 Å². The number of benzene rings is 2. The van der Waals surface area contributed by atoms with E-state index in [2.05, 4.69) is 14.9 Å². The maximum Gasteiger partial charge on any atom is 0.278 e. The van der Waals surface area contributed by atoms with Gasteiger partial charge in [0.25, 0.3) is 5.91 Å². The van der Waals surface area contributed by atoms with Crippen LogP contribution in [0.2, 0.25) is 0 Å². The lowest BCUT2D eigenvalue weighted by Crippen LogP contribution is -2.33. The van der Waals surface area contributed by atoms with Gasteiger partial charge in [0.05, 0.1) is 6.54 Å². The number of amides is 1. The van der Waals surface area contributed by atoms with Gasteiger partial charge in [-0.2, -0.15) is 0 Å². The number of phenolic OH excluding ortho intramolecular Hbond substituents is 1. The summed E-state index contributed by atoms with van der Waals surface area (Å²) in [7, 11) is 0. The van der Waals surface area contributed by atoms with Gasteiger partial charge in [0.1, 0.15) is 12.3 Å². The lowest BCUT2D eigenvalue weighted by molar-refractivity contribution is 0.0721. The Balaban J connectivity index is 1.72. The van der Waals surface area contributed by atoms with Gasteiger partial charge in [-0.05, 0) is 47.8 Å². The van der Waals surface area contributed by atoms with Crippen LogP contribution in [0.4, 0.5) is 0 Å². The Labute approximate surface area is 156 Å². The first kappa shape index (κ1) is 17.1. The zero-order valence-corrected chi connectivity index (χ0v) is 15.1. The molecule has 0 spiro atoms. The van der Waals surface area contributed by atoms with Crippen molar-refractivity contribution in [3.63, 3.8) is 0 Å². The first-order valence-electron chi connectivity index (χ1n) is 8.67. The second kappa shape index (κ2) is 6.75. The fraction of sp³-hybridized carbons (Fsp3) is 0.250. The molecule has 7 nitrogen and oxygen atoms in total. The number of nitrogens with zero attached hydrogens (tertiary/aromatic N) is 3. The van der Waals surface area contributed by atoms with Crippen molar-refractivity contribution in [3.05, 3.63) is 58.9 Å². The van der Waals surface area contributed by atoms with Gasteiger partial charge >= 0.3 is 0 Å². The SMILES string of the molecule is Cc1ccccc1-c1cc(O)c2c(c1)CN(C(=O)c1nonc1C)CCO2. The highest BCUT2D eigenvalue weighted by atomic mass is 16.6.